The minimum absolute atomic E-state index is 0.0695. The van der Waals surface area contributed by atoms with E-state index in [9.17, 15) is 4.79 Å². The standard InChI is InChI=1S/C14H19N3OS/c1-4-17-13(12-7-5-10(2)6-8-12)15-16-14(17)19-9-11(3)18/h5-8,13,15H,4,9H2,1-3H3. The largest absolute Gasteiger partial charge is 0.325 e. The van der Waals surface area contributed by atoms with Crippen LogP contribution < -0.4 is 5.43 Å². The van der Waals surface area contributed by atoms with Crippen LogP contribution in [0.2, 0.25) is 0 Å². The van der Waals surface area contributed by atoms with Gasteiger partial charge in [-0.05, 0) is 26.3 Å². The SMILES string of the molecule is CCN1C(SCC(C)=O)=NNC1c1ccc(C)cc1. The summed E-state index contributed by atoms with van der Waals surface area (Å²) in [6.07, 6.45) is 0.0695. The molecule has 0 aliphatic carbocycles. The van der Waals surface area contributed by atoms with E-state index >= 15 is 0 Å². The summed E-state index contributed by atoms with van der Waals surface area (Å²) in [6.45, 7) is 6.63. The zero-order chi connectivity index (χ0) is 13.8. The third-order valence-electron chi connectivity index (χ3n) is 2.98. The molecule has 0 spiro atoms. The van der Waals surface area contributed by atoms with Crippen LogP contribution in [0.4, 0.5) is 0 Å². The van der Waals surface area contributed by atoms with Crippen LogP contribution in [0.15, 0.2) is 29.4 Å². The van der Waals surface area contributed by atoms with E-state index in [-0.39, 0.29) is 11.9 Å². The first-order valence-electron chi connectivity index (χ1n) is 6.40. The maximum absolute atomic E-state index is 11.1. The molecule has 102 valence electrons. The van der Waals surface area contributed by atoms with Crippen LogP contribution in [0.1, 0.15) is 31.1 Å². The predicted molar refractivity (Wildman–Crippen MR) is 80.0 cm³/mol. The Labute approximate surface area is 118 Å². The van der Waals surface area contributed by atoms with Crippen LogP contribution in [-0.4, -0.2) is 28.1 Å². The highest BCUT2D eigenvalue weighted by molar-refractivity contribution is 8.14. The van der Waals surface area contributed by atoms with Crippen molar-refractivity contribution in [2.75, 3.05) is 12.3 Å². The van der Waals surface area contributed by atoms with Crippen molar-refractivity contribution in [2.24, 2.45) is 5.10 Å². The number of hydrogen-bond acceptors (Lipinski definition) is 5. The number of Topliss-reactive ketones (excluding diaryl/α,β-unsaturated/α-hetero) is 1. The quantitative estimate of drug-likeness (QED) is 0.918. The van der Waals surface area contributed by atoms with E-state index in [0.29, 0.717) is 5.75 Å². The lowest BCUT2D eigenvalue weighted by Crippen LogP contribution is -2.32. The molecule has 5 heteroatoms. The first-order chi connectivity index (χ1) is 9.11. The Morgan fingerprint density at radius 3 is 2.68 bits per heavy atom. The zero-order valence-corrected chi connectivity index (χ0v) is 12.3. The van der Waals surface area contributed by atoms with Crippen LogP contribution in [-0.2, 0) is 4.79 Å². The molecule has 0 aromatic heterocycles. The number of rotatable bonds is 4. The number of carbonyl (C=O) groups excluding carboxylic acids is 1. The van der Waals surface area contributed by atoms with E-state index in [4.69, 9.17) is 0 Å². The van der Waals surface area contributed by atoms with Gasteiger partial charge in [0.1, 0.15) is 11.9 Å². The highest BCUT2D eigenvalue weighted by Crippen LogP contribution is 2.26. The van der Waals surface area contributed by atoms with Gasteiger partial charge in [-0.3, -0.25) is 10.2 Å². The molecule has 0 amide bonds. The van der Waals surface area contributed by atoms with Gasteiger partial charge in [0.05, 0.1) is 5.75 Å². The summed E-state index contributed by atoms with van der Waals surface area (Å²) in [4.78, 5) is 13.2. The normalized spacial score (nSPS) is 18.2. The Morgan fingerprint density at radius 2 is 2.11 bits per heavy atom. The molecular formula is C14H19N3OS. The summed E-state index contributed by atoms with van der Waals surface area (Å²) in [5, 5.41) is 5.24. The average molecular weight is 277 g/mol. The number of nitrogens with zero attached hydrogens (tertiary/aromatic N) is 2. The molecule has 1 aromatic rings. The second-order valence-corrected chi connectivity index (χ2v) is 5.56. The molecule has 1 aliphatic heterocycles. The van der Waals surface area contributed by atoms with Crippen molar-refractivity contribution in [2.45, 2.75) is 26.9 Å². The fourth-order valence-electron chi connectivity index (χ4n) is 1.96. The van der Waals surface area contributed by atoms with Crippen molar-refractivity contribution in [3.05, 3.63) is 35.4 Å². The van der Waals surface area contributed by atoms with E-state index in [1.807, 2.05) is 0 Å². The molecule has 19 heavy (non-hydrogen) atoms. The van der Waals surface area contributed by atoms with Gasteiger partial charge < -0.3 is 4.90 Å². The number of hydrazone groups is 1. The maximum Gasteiger partial charge on any atom is 0.185 e. The first-order valence-corrected chi connectivity index (χ1v) is 7.39. The van der Waals surface area contributed by atoms with Crippen LogP contribution in [0.25, 0.3) is 0 Å². The van der Waals surface area contributed by atoms with Crippen molar-refractivity contribution < 1.29 is 4.79 Å². The van der Waals surface area contributed by atoms with Crippen molar-refractivity contribution >= 4 is 22.7 Å². The van der Waals surface area contributed by atoms with Gasteiger partial charge in [0.25, 0.3) is 0 Å². The van der Waals surface area contributed by atoms with Crippen molar-refractivity contribution in [3.8, 4) is 0 Å². The Hall–Kier alpha value is -1.49. The minimum atomic E-state index is 0.0695. The number of benzene rings is 1. The molecule has 1 N–H and O–H groups in total. The summed E-state index contributed by atoms with van der Waals surface area (Å²) >= 11 is 1.49. The summed E-state index contributed by atoms with van der Waals surface area (Å²) in [7, 11) is 0. The van der Waals surface area contributed by atoms with E-state index in [1.54, 1.807) is 6.92 Å². The van der Waals surface area contributed by atoms with E-state index in [1.165, 1.54) is 22.9 Å². The molecule has 4 nitrogen and oxygen atoms in total. The molecule has 0 saturated carbocycles. The summed E-state index contributed by atoms with van der Waals surface area (Å²) in [6, 6.07) is 8.44. The maximum atomic E-state index is 11.1. The number of hydrogen-bond donors (Lipinski definition) is 1. The molecule has 1 atom stereocenters. The number of nitrogens with one attached hydrogen (secondary N) is 1. The second kappa shape index (κ2) is 6.10. The Balaban J connectivity index is 2.09. The lowest BCUT2D eigenvalue weighted by molar-refractivity contribution is -0.114. The van der Waals surface area contributed by atoms with Crippen molar-refractivity contribution in [1.82, 2.24) is 10.3 Å². The van der Waals surface area contributed by atoms with Crippen molar-refractivity contribution in [1.29, 1.82) is 0 Å². The highest BCUT2D eigenvalue weighted by Gasteiger charge is 2.27. The van der Waals surface area contributed by atoms with E-state index in [0.717, 1.165) is 11.7 Å². The highest BCUT2D eigenvalue weighted by atomic mass is 32.2. The Bertz CT molecular complexity index is 484. The van der Waals surface area contributed by atoms with Gasteiger partial charge in [0.2, 0.25) is 0 Å². The summed E-state index contributed by atoms with van der Waals surface area (Å²) < 4.78 is 0. The topological polar surface area (TPSA) is 44.7 Å². The lowest BCUT2D eigenvalue weighted by Gasteiger charge is -2.25. The number of amidine groups is 1. The van der Waals surface area contributed by atoms with Gasteiger partial charge in [-0.25, -0.2) is 0 Å². The molecule has 1 heterocycles. The monoisotopic (exact) mass is 277 g/mol. The number of thioether (sulfide) groups is 1. The first kappa shape index (κ1) is 13.9. The van der Waals surface area contributed by atoms with Gasteiger partial charge in [0.15, 0.2) is 5.17 Å². The summed E-state index contributed by atoms with van der Waals surface area (Å²) in [5.41, 5.74) is 5.59. The number of ketones is 1. The third kappa shape index (κ3) is 3.29. The molecule has 1 unspecified atom stereocenters. The van der Waals surface area contributed by atoms with Gasteiger partial charge in [-0.15, -0.1) is 0 Å². The smallest absolute Gasteiger partial charge is 0.185 e. The summed E-state index contributed by atoms with van der Waals surface area (Å²) in [5.74, 6) is 0.639. The molecule has 0 saturated heterocycles. The van der Waals surface area contributed by atoms with E-state index < -0.39 is 0 Å². The molecule has 1 aliphatic rings. The van der Waals surface area contributed by atoms with Gasteiger partial charge >= 0.3 is 0 Å². The molecule has 0 bridgehead atoms. The molecular weight excluding hydrogens is 258 g/mol. The number of carbonyl (C=O) groups is 1. The van der Waals surface area contributed by atoms with Crippen LogP contribution in [0.3, 0.4) is 0 Å². The van der Waals surface area contributed by atoms with Crippen LogP contribution in [0.5, 0.6) is 0 Å². The molecule has 2 rings (SSSR count). The minimum Gasteiger partial charge on any atom is -0.325 e. The molecule has 0 fully saturated rings. The average Bonchev–Trinajstić information content (AvgIpc) is 2.80. The number of aryl methyl sites for hydroxylation is 1. The second-order valence-electron chi connectivity index (χ2n) is 4.61. The Kier molecular flexibility index (Phi) is 4.47. The van der Waals surface area contributed by atoms with Gasteiger partial charge in [-0.2, -0.15) is 5.10 Å². The molecule has 0 radical (unpaired) electrons. The van der Waals surface area contributed by atoms with E-state index in [2.05, 4.69) is 53.5 Å². The fraction of sp³-hybridized carbons (Fsp3) is 0.429. The fourth-order valence-corrected chi connectivity index (χ4v) is 2.81. The lowest BCUT2D eigenvalue weighted by atomic mass is 10.1. The van der Waals surface area contributed by atoms with Crippen molar-refractivity contribution in [3.63, 3.8) is 0 Å². The zero-order valence-electron chi connectivity index (χ0n) is 11.5. The van der Waals surface area contributed by atoms with Gasteiger partial charge in [-0.1, -0.05) is 41.6 Å². The Morgan fingerprint density at radius 1 is 1.42 bits per heavy atom. The molecule has 1 aromatic carbocycles. The van der Waals surface area contributed by atoms with Gasteiger partial charge in [0, 0.05) is 6.54 Å². The van der Waals surface area contributed by atoms with Crippen LogP contribution in [0, 0.1) is 6.92 Å². The predicted octanol–water partition coefficient (Wildman–Crippen LogP) is 2.51. The van der Waals surface area contributed by atoms with Crippen LogP contribution >= 0.6 is 11.8 Å². The third-order valence-corrected chi connectivity index (χ3v) is 4.11.